The third-order valence-corrected chi connectivity index (χ3v) is 2.93. The summed E-state index contributed by atoms with van der Waals surface area (Å²) in [6, 6.07) is 12.5. The molecule has 0 saturated heterocycles. The highest BCUT2D eigenvalue weighted by atomic mass is 16.6. The van der Waals surface area contributed by atoms with E-state index in [4.69, 9.17) is 4.74 Å². The van der Waals surface area contributed by atoms with Gasteiger partial charge in [-0.05, 0) is 31.2 Å². The normalized spacial score (nSPS) is 11.0. The van der Waals surface area contributed by atoms with Crippen LogP contribution in [0.5, 0.6) is 5.75 Å². The van der Waals surface area contributed by atoms with Crippen LogP contribution in [-0.4, -0.2) is 17.7 Å². The fourth-order valence-corrected chi connectivity index (χ4v) is 1.94. The second-order valence-electron chi connectivity index (χ2n) is 4.32. The molecule has 108 valence electrons. The molecule has 0 spiro atoms. The Bertz CT molecular complexity index is 718. The smallest absolute Gasteiger partial charge is 0.410 e. The molecule has 0 aliphatic carbocycles. The number of carbonyl (C=O) groups excluding carboxylic acids is 1. The lowest BCUT2D eigenvalue weighted by molar-refractivity contribution is 0.215. The Hall–Kier alpha value is -2.82. The van der Waals surface area contributed by atoms with Crippen LogP contribution in [0.4, 0.5) is 10.5 Å². The summed E-state index contributed by atoms with van der Waals surface area (Å²) in [7, 11) is 1.66. The van der Waals surface area contributed by atoms with Crippen molar-refractivity contribution in [2.24, 2.45) is 4.99 Å². The zero-order valence-electron chi connectivity index (χ0n) is 12.0. The molecule has 1 aromatic carbocycles. The number of nitrogens with zero attached hydrogens (tertiary/aromatic N) is 2. The van der Waals surface area contributed by atoms with Crippen molar-refractivity contribution in [1.29, 1.82) is 0 Å². The van der Waals surface area contributed by atoms with Crippen LogP contribution in [-0.2, 0) is 0 Å². The molecular weight excluding hydrogens is 266 g/mol. The van der Waals surface area contributed by atoms with Gasteiger partial charge in [0.2, 0.25) is 0 Å². The Morgan fingerprint density at radius 2 is 2.00 bits per heavy atom. The monoisotopic (exact) mass is 283 g/mol. The van der Waals surface area contributed by atoms with E-state index in [1.165, 1.54) is 0 Å². The van der Waals surface area contributed by atoms with Gasteiger partial charge in [-0.15, -0.1) is 0 Å². The van der Waals surface area contributed by atoms with Crippen molar-refractivity contribution < 1.29 is 9.53 Å². The highest BCUT2D eigenvalue weighted by molar-refractivity contribution is 5.86. The van der Waals surface area contributed by atoms with Crippen LogP contribution in [0.1, 0.15) is 5.69 Å². The van der Waals surface area contributed by atoms with E-state index in [1.54, 1.807) is 48.1 Å². The topological polar surface area (TPSA) is 55.6 Å². The number of hydrogen-bond donors (Lipinski definition) is 1. The predicted octanol–water partition coefficient (Wildman–Crippen LogP) is 3.04. The average molecular weight is 283 g/mol. The summed E-state index contributed by atoms with van der Waals surface area (Å²) < 4.78 is 6.98. The van der Waals surface area contributed by atoms with Crippen molar-refractivity contribution in [3.05, 3.63) is 60.2 Å². The molecule has 1 aromatic heterocycles. The van der Waals surface area contributed by atoms with Crippen LogP contribution in [0.15, 0.2) is 54.0 Å². The summed E-state index contributed by atoms with van der Waals surface area (Å²) in [5.41, 5.74) is 2.13. The molecule has 21 heavy (non-hydrogen) atoms. The van der Waals surface area contributed by atoms with Crippen LogP contribution in [0.2, 0.25) is 0 Å². The number of benzene rings is 1. The number of aromatic nitrogens is 1. The summed E-state index contributed by atoms with van der Waals surface area (Å²) >= 11 is 0. The third kappa shape index (κ3) is 3.39. The maximum Gasteiger partial charge on any atom is 0.417 e. The molecule has 5 nitrogen and oxygen atoms in total. The summed E-state index contributed by atoms with van der Waals surface area (Å²) in [4.78, 5) is 16.1. The molecule has 0 atom stereocenters. The first-order valence-corrected chi connectivity index (χ1v) is 6.47. The molecule has 0 radical (unpaired) electrons. The minimum Gasteiger partial charge on any atom is -0.410 e. The van der Waals surface area contributed by atoms with E-state index in [1.807, 2.05) is 19.1 Å². The van der Waals surface area contributed by atoms with Crippen LogP contribution in [0.3, 0.4) is 0 Å². The number of carbonyl (C=O) groups is 1. The standard InChI is InChI=1S/C16H17N3O2/c1-4-19-12(2)10-11-14(15(19)17-3)18-16(20)21-13-8-6-5-7-9-13/h4-11H,1H2,2-3H3,(H,18,20). The van der Waals surface area contributed by atoms with Gasteiger partial charge in [-0.3, -0.25) is 10.3 Å². The maximum absolute atomic E-state index is 11.9. The van der Waals surface area contributed by atoms with Crippen molar-refractivity contribution in [3.8, 4) is 5.75 Å². The fraction of sp³-hybridized carbons (Fsp3) is 0.125. The van der Waals surface area contributed by atoms with E-state index in [2.05, 4.69) is 16.9 Å². The SMILES string of the molecule is C=Cn1c(C)ccc(NC(=O)Oc2ccccc2)c1=NC. The van der Waals surface area contributed by atoms with Gasteiger partial charge in [0.05, 0.1) is 5.69 Å². The Labute approximate surface area is 123 Å². The molecule has 0 saturated carbocycles. The number of pyridine rings is 1. The molecule has 2 aromatic rings. The quantitative estimate of drug-likeness (QED) is 0.941. The van der Waals surface area contributed by atoms with Crippen molar-refractivity contribution in [3.63, 3.8) is 0 Å². The number of hydrogen-bond acceptors (Lipinski definition) is 3. The average Bonchev–Trinajstić information content (AvgIpc) is 2.49. The summed E-state index contributed by atoms with van der Waals surface area (Å²) in [5.74, 6) is 0.480. The van der Waals surface area contributed by atoms with Crippen LogP contribution in [0.25, 0.3) is 6.20 Å². The van der Waals surface area contributed by atoms with Gasteiger partial charge < -0.3 is 9.30 Å². The Morgan fingerprint density at radius 1 is 1.29 bits per heavy atom. The molecule has 1 N–H and O–H groups in total. The van der Waals surface area contributed by atoms with Crippen molar-refractivity contribution in [2.75, 3.05) is 12.4 Å². The number of nitrogens with one attached hydrogen (secondary N) is 1. The number of anilines is 1. The fourth-order valence-electron chi connectivity index (χ4n) is 1.94. The van der Waals surface area contributed by atoms with Gasteiger partial charge in [-0.25, -0.2) is 4.79 Å². The minimum atomic E-state index is -0.564. The molecule has 1 amide bonds. The third-order valence-electron chi connectivity index (χ3n) is 2.93. The second-order valence-corrected chi connectivity index (χ2v) is 4.32. The van der Waals surface area contributed by atoms with Crippen molar-refractivity contribution in [1.82, 2.24) is 4.57 Å². The van der Waals surface area contributed by atoms with E-state index in [9.17, 15) is 4.79 Å². The number of ether oxygens (including phenoxy) is 1. The predicted molar refractivity (Wildman–Crippen MR) is 83.1 cm³/mol. The molecule has 5 heteroatoms. The van der Waals surface area contributed by atoms with Gasteiger partial charge in [0.1, 0.15) is 5.75 Å². The summed E-state index contributed by atoms with van der Waals surface area (Å²) in [6.07, 6.45) is 1.08. The Kier molecular flexibility index (Phi) is 4.56. The van der Waals surface area contributed by atoms with Gasteiger partial charge in [0.15, 0.2) is 5.49 Å². The largest absolute Gasteiger partial charge is 0.417 e. The van der Waals surface area contributed by atoms with Crippen molar-refractivity contribution >= 4 is 18.0 Å². The van der Waals surface area contributed by atoms with Gasteiger partial charge in [0.25, 0.3) is 0 Å². The molecule has 0 fully saturated rings. The lowest BCUT2D eigenvalue weighted by Crippen LogP contribution is -2.27. The van der Waals surface area contributed by atoms with Gasteiger partial charge in [-0.1, -0.05) is 24.8 Å². The molecular formula is C16H17N3O2. The molecule has 0 bridgehead atoms. The highest BCUT2D eigenvalue weighted by Gasteiger charge is 2.08. The second kappa shape index (κ2) is 6.56. The summed E-state index contributed by atoms with van der Waals surface area (Å²) in [5, 5.41) is 2.69. The van der Waals surface area contributed by atoms with Gasteiger partial charge in [-0.2, -0.15) is 0 Å². The molecule has 0 aliphatic rings. The van der Waals surface area contributed by atoms with E-state index in [0.29, 0.717) is 16.9 Å². The number of para-hydroxylation sites is 1. The number of aryl methyl sites for hydroxylation is 1. The zero-order chi connectivity index (χ0) is 15.2. The van der Waals surface area contributed by atoms with Gasteiger partial charge in [0, 0.05) is 18.9 Å². The van der Waals surface area contributed by atoms with E-state index >= 15 is 0 Å². The Balaban J connectivity index is 2.24. The minimum absolute atomic E-state index is 0.480. The van der Waals surface area contributed by atoms with Crippen LogP contribution >= 0.6 is 0 Å². The lowest BCUT2D eigenvalue weighted by Gasteiger charge is -2.11. The van der Waals surface area contributed by atoms with Gasteiger partial charge >= 0.3 is 6.09 Å². The Morgan fingerprint density at radius 3 is 2.62 bits per heavy atom. The molecule has 0 unspecified atom stereocenters. The number of rotatable bonds is 3. The molecule has 1 heterocycles. The molecule has 2 rings (SSSR count). The van der Waals surface area contributed by atoms with E-state index < -0.39 is 6.09 Å². The maximum atomic E-state index is 11.9. The molecule has 0 aliphatic heterocycles. The first-order valence-electron chi connectivity index (χ1n) is 6.47. The summed E-state index contributed by atoms with van der Waals surface area (Å²) in [6.45, 7) is 5.68. The van der Waals surface area contributed by atoms with E-state index in [-0.39, 0.29) is 0 Å². The van der Waals surface area contributed by atoms with Crippen LogP contribution < -0.4 is 15.5 Å². The first-order chi connectivity index (χ1) is 10.2. The highest BCUT2D eigenvalue weighted by Crippen LogP contribution is 2.10. The lowest BCUT2D eigenvalue weighted by atomic mass is 10.3. The van der Waals surface area contributed by atoms with Crippen molar-refractivity contribution in [2.45, 2.75) is 6.92 Å². The first kappa shape index (κ1) is 14.6. The van der Waals surface area contributed by atoms with Crippen LogP contribution in [0, 0.1) is 6.92 Å². The number of amides is 1. The van der Waals surface area contributed by atoms with E-state index in [0.717, 1.165) is 5.69 Å². The zero-order valence-corrected chi connectivity index (χ0v) is 12.0.